The molecule has 0 radical (unpaired) electrons. The Bertz CT molecular complexity index is 554. The Morgan fingerprint density at radius 1 is 1.35 bits per heavy atom. The van der Waals surface area contributed by atoms with E-state index in [0.29, 0.717) is 6.54 Å². The summed E-state index contributed by atoms with van der Waals surface area (Å²) in [6.45, 7) is 0.553. The van der Waals surface area contributed by atoms with Crippen LogP contribution in [-0.4, -0.2) is 21.7 Å². The van der Waals surface area contributed by atoms with Gasteiger partial charge in [0.05, 0.1) is 10.6 Å². The smallest absolute Gasteiger partial charge is 0.369 e. The first-order valence-corrected chi connectivity index (χ1v) is 6.29. The third kappa shape index (κ3) is 3.86. The van der Waals surface area contributed by atoms with Gasteiger partial charge in [-0.3, -0.25) is 5.10 Å². The third-order valence-electron chi connectivity index (χ3n) is 2.64. The molecule has 2 aromatic heterocycles. The first kappa shape index (κ1) is 14.6. The van der Waals surface area contributed by atoms with Gasteiger partial charge < -0.3 is 5.32 Å². The number of H-pyrrole nitrogens is 1. The van der Waals surface area contributed by atoms with E-state index in [4.69, 9.17) is 11.6 Å². The standard InChI is InChI=1S/C12H12ClF3N4/c13-10-6-8(12(14,15)16)7-18-11(10)17-4-1-2-9-3-5-19-20-9/h3,5-7H,1-2,4H2,(H,17,18)(H,19,20). The summed E-state index contributed by atoms with van der Waals surface area (Å²) in [6.07, 6.45) is -0.442. The quantitative estimate of drug-likeness (QED) is 0.831. The number of anilines is 1. The van der Waals surface area contributed by atoms with Crippen LogP contribution in [0.15, 0.2) is 24.5 Å². The van der Waals surface area contributed by atoms with Crippen molar-refractivity contribution in [3.63, 3.8) is 0 Å². The third-order valence-corrected chi connectivity index (χ3v) is 2.93. The Morgan fingerprint density at radius 3 is 2.75 bits per heavy atom. The molecule has 2 N–H and O–H groups in total. The molecule has 4 nitrogen and oxygen atoms in total. The largest absolute Gasteiger partial charge is 0.417 e. The van der Waals surface area contributed by atoms with Crippen molar-refractivity contribution in [2.45, 2.75) is 19.0 Å². The molecule has 2 rings (SSSR count). The van der Waals surface area contributed by atoms with E-state index in [9.17, 15) is 13.2 Å². The topological polar surface area (TPSA) is 53.6 Å². The summed E-state index contributed by atoms with van der Waals surface area (Å²) in [5.41, 5.74) is 0.142. The van der Waals surface area contributed by atoms with Gasteiger partial charge in [0.2, 0.25) is 0 Å². The van der Waals surface area contributed by atoms with Crippen LogP contribution in [0.1, 0.15) is 17.7 Å². The Kier molecular flexibility index (Phi) is 4.49. The summed E-state index contributed by atoms with van der Waals surface area (Å²) in [5, 5.41) is 9.52. The van der Waals surface area contributed by atoms with Crippen molar-refractivity contribution >= 4 is 17.4 Å². The van der Waals surface area contributed by atoms with Gasteiger partial charge in [-0.15, -0.1) is 0 Å². The molecule has 2 aromatic rings. The lowest BCUT2D eigenvalue weighted by molar-refractivity contribution is -0.137. The fraction of sp³-hybridized carbons (Fsp3) is 0.333. The highest BCUT2D eigenvalue weighted by Gasteiger charge is 2.31. The van der Waals surface area contributed by atoms with Gasteiger partial charge in [0, 0.05) is 24.6 Å². The Balaban J connectivity index is 1.87. The molecule has 0 amide bonds. The zero-order valence-electron chi connectivity index (χ0n) is 10.3. The minimum Gasteiger partial charge on any atom is -0.369 e. The van der Waals surface area contributed by atoms with Crippen molar-refractivity contribution in [3.8, 4) is 0 Å². The van der Waals surface area contributed by atoms with Crippen molar-refractivity contribution in [1.82, 2.24) is 15.2 Å². The van der Waals surface area contributed by atoms with Crippen LogP contribution in [0.5, 0.6) is 0 Å². The highest BCUT2D eigenvalue weighted by molar-refractivity contribution is 6.32. The van der Waals surface area contributed by atoms with Crippen LogP contribution in [0.3, 0.4) is 0 Å². The van der Waals surface area contributed by atoms with Crippen LogP contribution in [0, 0.1) is 0 Å². The van der Waals surface area contributed by atoms with E-state index in [0.717, 1.165) is 30.8 Å². The molecule has 2 heterocycles. The second-order valence-electron chi connectivity index (χ2n) is 4.16. The van der Waals surface area contributed by atoms with Crippen molar-refractivity contribution in [2.24, 2.45) is 0 Å². The van der Waals surface area contributed by atoms with Gasteiger partial charge in [-0.25, -0.2) is 4.98 Å². The van der Waals surface area contributed by atoms with Crippen LogP contribution in [0.25, 0.3) is 0 Å². The minimum atomic E-state index is -4.43. The van der Waals surface area contributed by atoms with Gasteiger partial charge >= 0.3 is 6.18 Å². The average Bonchev–Trinajstić information content (AvgIpc) is 2.88. The number of hydrogen-bond acceptors (Lipinski definition) is 3. The second kappa shape index (κ2) is 6.13. The molecule has 20 heavy (non-hydrogen) atoms. The number of halogens is 4. The van der Waals surface area contributed by atoms with Crippen molar-refractivity contribution in [1.29, 1.82) is 0 Å². The maximum Gasteiger partial charge on any atom is 0.417 e. The predicted molar refractivity (Wildman–Crippen MR) is 69.6 cm³/mol. The van der Waals surface area contributed by atoms with Crippen LogP contribution in [0.2, 0.25) is 5.02 Å². The number of nitrogens with zero attached hydrogens (tertiary/aromatic N) is 2. The molecule has 0 aliphatic carbocycles. The van der Waals surface area contributed by atoms with E-state index in [1.165, 1.54) is 0 Å². The molecule has 108 valence electrons. The highest BCUT2D eigenvalue weighted by atomic mass is 35.5. The Labute approximate surface area is 118 Å². The highest BCUT2D eigenvalue weighted by Crippen LogP contribution is 2.32. The Morgan fingerprint density at radius 2 is 2.15 bits per heavy atom. The van der Waals surface area contributed by atoms with Gasteiger partial charge in [-0.2, -0.15) is 18.3 Å². The SMILES string of the molecule is FC(F)(F)c1cnc(NCCCc2ccn[nH]2)c(Cl)c1. The fourth-order valence-corrected chi connectivity index (χ4v) is 1.87. The van der Waals surface area contributed by atoms with Crippen LogP contribution in [-0.2, 0) is 12.6 Å². The molecule has 0 aliphatic rings. The van der Waals surface area contributed by atoms with Gasteiger partial charge in [0.15, 0.2) is 0 Å². The first-order chi connectivity index (χ1) is 9.47. The number of aromatic amines is 1. The number of nitrogens with one attached hydrogen (secondary N) is 2. The first-order valence-electron chi connectivity index (χ1n) is 5.91. The molecular formula is C12H12ClF3N4. The molecule has 0 bridgehead atoms. The van der Waals surface area contributed by atoms with Gasteiger partial charge in [-0.1, -0.05) is 11.6 Å². The van der Waals surface area contributed by atoms with Crippen LogP contribution >= 0.6 is 11.6 Å². The molecule has 0 fully saturated rings. The number of aryl methyl sites for hydroxylation is 1. The normalized spacial score (nSPS) is 11.6. The zero-order valence-corrected chi connectivity index (χ0v) is 11.1. The molecule has 0 spiro atoms. The monoisotopic (exact) mass is 304 g/mol. The number of alkyl halides is 3. The number of rotatable bonds is 5. The van der Waals surface area contributed by atoms with E-state index >= 15 is 0 Å². The number of aromatic nitrogens is 3. The van der Waals surface area contributed by atoms with E-state index in [1.54, 1.807) is 6.20 Å². The van der Waals surface area contributed by atoms with Crippen molar-refractivity contribution in [3.05, 3.63) is 40.8 Å². The fourth-order valence-electron chi connectivity index (χ4n) is 1.63. The summed E-state index contributed by atoms with van der Waals surface area (Å²) in [6, 6.07) is 2.73. The van der Waals surface area contributed by atoms with E-state index in [1.807, 2.05) is 6.07 Å². The Hall–Kier alpha value is -1.76. The minimum absolute atomic E-state index is 0.0404. The summed E-state index contributed by atoms with van der Waals surface area (Å²) >= 11 is 5.77. The molecule has 0 aliphatic heterocycles. The van der Waals surface area contributed by atoms with Gasteiger partial charge in [-0.05, 0) is 25.0 Å². The second-order valence-corrected chi connectivity index (χ2v) is 4.57. The molecular weight excluding hydrogens is 293 g/mol. The van der Waals surface area contributed by atoms with E-state index < -0.39 is 11.7 Å². The van der Waals surface area contributed by atoms with E-state index in [2.05, 4.69) is 20.5 Å². The molecule has 0 aromatic carbocycles. The average molecular weight is 305 g/mol. The van der Waals surface area contributed by atoms with Crippen molar-refractivity contribution in [2.75, 3.05) is 11.9 Å². The van der Waals surface area contributed by atoms with Crippen molar-refractivity contribution < 1.29 is 13.2 Å². The lowest BCUT2D eigenvalue weighted by Gasteiger charge is -2.10. The number of hydrogen-bond donors (Lipinski definition) is 2. The van der Waals surface area contributed by atoms with Crippen LogP contribution in [0.4, 0.5) is 19.0 Å². The maximum absolute atomic E-state index is 12.4. The molecule has 0 atom stereocenters. The van der Waals surface area contributed by atoms with Crippen LogP contribution < -0.4 is 5.32 Å². The zero-order chi connectivity index (χ0) is 14.6. The lowest BCUT2D eigenvalue weighted by atomic mass is 10.2. The lowest BCUT2D eigenvalue weighted by Crippen LogP contribution is -2.09. The summed E-state index contributed by atoms with van der Waals surface area (Å²) in [5.74, 6) is 0.254. The molecule has 0 saturated heterocycles. The van der Waals surface area contributed by atoms with Gasteiger partial charge in [0.1, 0.15) is 5.82 Å². The van der Waals surface area contributed by atoms with E-state index in [-0.39, 0.29) is 10.8 Å². The molecule has 0 unspecified atom stereocenters. The summed E-state index contributed by atoms with van der Waals surface area (Å²) in [4.78, 5) is 3.70. The molecule has 0 saturated carbocycles. The predicted octanol–water partition coefficient (Wildman–Crippen LogP) is 3.52. The summed E-state index contributed by atoms with van der Waals surface area (Å²) < 4.78 is 37.3. The molecule has 8 heteroatoms. The summed E-state index contributed by atoms with van der Waals surface area (Å²) in [7, 11) is 0. The maximum atomic E-state index is 12.4. The van der Waals surface area contributed by atoms with Gasteiger partial charge in [0.25, 0.3) is 0 Å². The number of pyridine rings is 1.